The average Bonchev–Trinajstić information content (AvgIpc) is 2.96. The first kappa shape index (κ1) is 20.2. The summed E-state index contributed by atoms with van der Waals surface area (Å²) in [5.41, 5.74) is 5.48. The lowest BCUT2D eigenvalue weighted by molar-refractivity contribution is -0.0875. The predicted octanol–water partition coefficient (Wildman–Crippen LogP) is 0.904. The van der Waals surface area contributed by atoms with Gasteiger partial charge in [-0.15, -0.1) is 0 Å². The summed E-state index contributed by atoms with van der Waals surface area (Å²) in [5.74, 6) is -2.16. The maximum atomic E-state index is 13.0. The monoisotopic (exact) mass is 394 g/mol. The van der Waals surface area contributed by atoms with Crippen LogP contribution in [0, 0.1) is 6.92 Å². The van der Waals surface area contributed by atoms with Crippen molar-refractivity contribution in [3.05, 3.63) is 28.8 Å². The average molecular weight is 394 g/mol. The maximum absolute atomic E-state index is 13.0. The number of hydrogen-bond acceptors (Lipinski definition) is 7. The number of aryl methyl sites for hydroxylation is 1. The fraction of sp³-hybridized carbons (Fsp3) is 0.571. The largest absolute Gasteiger partial charge is 0.421 e. The van der Waals surface area contributed by atoms with Gasteiger partial charge in [-0.1, -0.05) is 6.92 Å². The molecule has 1 aromatic rings. The molecule has 4 N–H and O–H groups in total. The molecule has 1 aromatic heterocycles. The molecule has 1 aliphatic rings. The van der Waals surface area contributed by atoms with Crippen molar-refractivity contribution < 1.29 is 21.6 Å². The highest BCUT2D eigenvalue weighted by atomic mass is 32.2. The van der Waals surface area contributed by atoms with Crippen LogP contribution in [-0.2, 0) is 15.8 Å². The highest BCUT2D eigenvalue weighted by molar-refractivity contribution is 7.90. The van der Waals surface area contributed by atoms with E-state index >= 15 is 0 Å². The fourth-order valence-electron chi connectivity index (χ4n) is 2.40. The van der Waals surface area contributed by atoms with Crippen LogP contribution in [0.5, 0.6) is 0 Å². The van der Waals surface area contributed by atoms with Gasteiger partial charge in [0.15, 0.2) is 0 Å². The molecule has 0 aliphatic carbocycles. The van der Waals surface area contributed by atoms with Crippen LogP contribution >= 0.6 is 0 Å². The van der Waals surface area contributed by atoms with Gasteiger partial charge in [0.1, 0.15) is 11.4 Å². The number of aliphatic imine (C=N–C) groups is 1. The summed E-state index contributed by atoms with van der Waals surface area (Å²) in [6.07, 6.45) is -2.47. The van der Waals surface area contributed by atoms with Gasteiger partial charge in [0.25, 0.3) is 10.0 Å². The Hall–Kier alpha value is -2.08. The van der Waals surface area contributed by atoms with Crippen LogP contribution in [0.25, 0.3) is 0 Å². The first-order valence-corrected chi connectivity index (χ1v) is 9.29. The van der Waals surface area contributed by atoms with Crippen molar-refractivity contribution in [1.82, 2.24) is 19.8 Å². The molecule has 0 spiro atoms. The molecule has 8 nitrogen and oxygen atoms in total. The molecule has 2 rings (SSSR count). The molecule has 2 heterocycles. The summed E-state index contributed by atoms with van der Waals surface area (Å²) < 4.78 is 64.8. The van der Waals surface area contributed by atoms with E-state index in [1.807, 2.05) is 0 Å². The molecule has 0 fully saturated rings. The topological polar surface area (TPSA) is 114 Å². The van der Waals surface area contributed by atoms with Gasteiger partial charge in [0.05, 0.1) is 22.7 Å². The lowest BCUT2D eigenvalue weighted by atomic mass is 10.1. The number of nitrogens with two attached hydrogens (primary N) is 1. The minimum atomic E-state index is -4.63. The second-order valence-corrected chi connectivity index (χ2v) is 8.16. The highest BCUT2D eigenvalue weighted by Gasteiger charge is 2.42. The molecule has 0 aromatic carbocycles. The molecule has 26 heavy (non-hydrogen) atoms. The summed E-state index contributed by atoms with van der Waals surface area (Å²) in [4.78, 5) is 3.77. The van der Waals surface area contributed by atoms with Gasteiger partial charge in [-0.05, 0) is 20.3 Å². The minimum Gasteiger partial charge on any atom is -0.374 e. The summed E-state index contributed by atoms with van der Waals surface area (Å²) in [7, 11) is -2.44. The highest BCUT2D eigenvalue weighted by Crippen LogP contribution is 2.31. The third kappa shape index (κ3) is 3.43. The first-order chi connectivity index (χ1) is 11.9. The Morgan fingerprint density at radius 1 is 1.46 bits per heavy atom. The van der Waals surface area contributed by atoms with E-state index in [1.165, 1.54) is 20.2 Å². The number of nitrogens with zero attached hydrogens (tertiary/aromatic N) is 3. The van der Waals surface area contributed by atoms with Gasteiger partial charge in [0.2, 0.25) is 5.79 Å². The molecule has 0 radical (unpaired) electrons. The Kier molecular flexibility index (Phi) is 5.12. The molecule has 1 aliphatic heterocycles. The van der Waals surface area contributed by atoms with E-state index in [4.69, 9.17) is 5.73 Å². The predicted molar refractivity (Wildman–Crippen MR) is 90.7 cm³/mol. The number of rotatable bonds is 5. The summed E-state index contributed by atoms with van der Waals surface area (Å²) in [5, 5.41) is 8.16. The van der Waals surface area contributed by atoms with E-state index in [1.54, 1.807) is 13.8 Å². The van der Waals surface area contributed by atoms with Crippen molar-refractivity contribution in [1.29, 1.82) is 0 Å². The van der Waals surface area contributed by atoms with Crippen LogP contribution in [0.15, 0.2) is 22.6 Å². The van der Waals surface area contributed by atoms with Crippen molar-refractivity contribution in [2.45, 2.75) is 44.4 Å². The van der Waals surface area contributed by atoms with Crippen LogP contribution in [0.1, 0.15) is 31.5 Å². The first-order valence-electron chi connectivity index (χ1n) is 7.79. The minimum absolute atomic E-state index is 0.148. The number of allylic oxidation sites excluding steroid dienone is 1. The number of halogens is 3. The fourth-order valence-corrected chi connectivity index (χ4v) is 3.68. The zero-order chi connectivity index (χ0) is 19.9. The Morgan fingerprint density at radius 3 is 2.58 bits per heavy atom. The van der Waals surface area contributed by atoms with Crippen LogP contribution in [0.3, 0.4) is 0 Å². The summed E-state index contributed by atoms with van der Waals surface area (Å²) >= 11 is 0. The number of aromatic nitrogens is 2. The Balaban J connectivity index is 2.48. The third-order valence-electron chi connectivity index (χ3n) is 4.17. The molecule has 2 unspecified atom stereocenters. The van der Waals surface area contributed by atoms with Crippen molar-refractivity contribution in [3.63, 3.8) is 0 Å². The molecule has 0 saturated carbocycles. The second-order valence-electron chi connectivity index (χ2n) is 5.95. The zero-order valence-corrected chi connectivity index (χ0v) is 15.5. The standard InChI is InChI=1S/C14H21F3N6O2S/c1-5-8(2)26(24,25)23-7-11(9(3)22-23)14(18)20-6-10(13(15,16)17)12(19-4)21-14/h6-8,19,21H,5,18H2,1-4H3. The number of hydrogen-bond donors (Lipinski definition) is 3. The normalized spacial score (nSPS) is 22.3. The van der Waals surface area contributed by atoms with Crippen molar-refractivity contribution in [2.24, 2.45) is 10.7 Å². The Morgan fingerprint density at radius 2 is 2.08 bits per heavy atom. The Bertz CT molecular complexity index is 859. The Labute approximate surface area is 149 Å². The lowest BCUT2D eigenvalue weighted by Crippen LogP contribution is -2.54. The van der Waals surface area contributed by atoms with Crippen molar-refractivity contribution in [2.75, 3.05) is 7.05 Å². The number of nitrogens with one attached hydrogen (secondary N) is 2. The van der Waals surface area contributed by atoms with E-state index in [0.29, 0.717) is 12.6 Å². The van der Waals surface area contributed by atoms with Gasteiger partial charge in [-0.3, -0.25) is 5.73 Å². The molecule has 146 valence electrons. The smallest absolute Gasteiger partial charge is 0.374 e. The molecule has 0 bridgehead atoms. The van der Waals surface area contributed by atoms with E-state index in [-0.39, 0.29) is 17.1 Å². The van der Waals surface area contributed by atoms with Gasteiger partial charge in [-0.2, -0.15) is 22.4 Å². The van der Waals surface area contributed by atoms with Gasteiger partial charge < -0.3 is 10.6 Å². The third-order valence-corrected chi connectivity index (χ3v) is 6.23. The summed E-state index contributed by atoms with van der Waals surface area (Å²) in [6, 6.07) is 0. The quantitative estimate of drug-likeness (QED) is 0.684. The van der Waals surface area contributed by atoms with Crippen molar-refractivity contribution in [3.8, 4) is 0 Å². The van der Waals surface area contributed by atoms with E-state index in [2.05, 4.69) is 20.7 Å². The molecule has 0 saturated heterocycles. The van der Waals surface area contributed by atoms with Crippen LogP contribution in [0.4, 0.5) is 13.2 Å². The second kappa shape index (κ2) is 6.58. The molecular formula is C14H21F3N6O2S. The molecule has 2 atom stereocenters. The lowest BCUT2D eigenvalue weighted by Gasteiger charge is -2.33. The van der Waals surface area contributed by atoms with Gasteiger partial charge in [-0.25, -0.2) is 13.4 Å². The van der Waals surface area contributed by atoms with Gasteiger partial charge >= 0.3 is 6.18 Å². The van der Waals surface area contributed by atoms with Crippen LogP contribution in [-0.4, -0.2) is 42.3 Å². The summed E-state index contributed by atoms with van der Waals surface area (Å²) in [6.45, 7) is 4.77. The maximum Gasteiger partial charge on any atom is 0.421 e. The molecule has 0 amide bonds. The van der Waals surface area contributed by atoms with Crippen LogP contribution < -0.4 is 16.4 Å². The van der Waals surface area contributed by atoms with E-state index in [9.17, 15) is 21.6 Å². The number of alkyl halides is 3. The van der Waals surface area contributed by atoms with E-state index in [0.717, 1.165) is 4.09 Å². The van der Waals surface area contributed by atoms with Crippen LogP contribution in [0.2, 0.25) is 0 Å². The SMILES string of the molecule is CCC(C)S(=O)(=O)n1cc(C2(N)N=CC(C(F)(F)F)=C(NC)N2)c(C)n1. The van der Waals surface area contributed by atoms with E-state index < -0.39 is 32.8 Å². The molecule has 12 heteroatoms. The molecular weight excluding hydrogens is 373 g/mol. The van der Waals surface area contributed by atoms with Crippen molar-refractivity contribution >= 4 is 16.2 Å². The zero-order valence-electron chi connectivity index (χ0n) is 14.7. The van der Waals surface area contributed by atoms with Gasteiger partial charge in [0, 0.05) is 13.3 Å².